The van der Waals surface area contributed by atoms with Crippen LogP contribution in [0.5, 0.6) is 5.88 Å². The highest BCUT2D eigenvalue weighted by Crippen LogP contribution is 2.30. The second kappa shape index (κ2) is 8.41. The Morgan fingerprint density at radius 3 is 2.81 bits per heavy atom. The number of hydrogen-bond acceptors (Lipinski definition) is 7. The maximum absolute atomic E-state index is 12.3. The van der Waals surface area contributed by atoms with Crippen molar-refractivity contribution in [3.8, 4) is 17.1 Å². The smallest absolute Gasteiger partial charge is 0.410 e. The summed E-state index contributed by atoms with van der Waals surface area (Å²) in [6.45, 7) is 7.20. The van der Waals surface area contributed by atoms with Gasteiger partial charge < -0.3 is 19.3 Å². The second-order valence-corrected chi connectivity index (χ2v) is 8.11. The number of amides is 1. The lowest BCUT2D eigenvalue weighted by atomic mass is 10.1. The van der Waals surface area contributed by atoms with E-state index in [0.29, 0.717) is 12.4 Å². The third-order valence-electron chi connectivity index (χ3n) is 5.46. The summed E-state index contributed by atoms with van der Waals surface area (Å²) in [7, 11) is 3.40. The van der Waals surface area contributed by atoms with Gasteiger partial charge in [-0.25, -0.2) is 19.3 Å². The molecule has 164 valence electrons. The summed E-state index contributed by atoms with van der Waals surface area (Å²) >= 11 is 0. The molecule has 0 aliphatic carbocycles. The number of nitrogens with zero attached hydrogens (tertiary/aromatic N) is 6. The molecular formula is C22H28N6O3. The maximum atomic E-state index is 12.3. The van der Waals surface area contributed by atoms with E-state index in [1.54, 1.807) is 31.5 Å². The first-order chi connectivity index (χ1) is 14.9. The first-order valence-electron chi connectivity index (χ1n) is 10.4. The van der Waals surface area contributed by atoms with Crippen molar-refractivity contribution < 1.29 is 14.3 Å². The molecule has 31 heavy (non-hydrogen) atoms. The second-order valence-electron chi connectivity index (χ2n) is 8.11. The van der Waals surface area contributed by atoms with Crippen molar-refractivity contribution in [2.45, 2.75) is 39.3 Å². The zero-order valence-corrected chi connectivity index (χ0v) is 18.6. The van der Waals surface area contributed by atoms with E-state index < -0.39 is 0 Å². The predicted molar refractivity (Wildman–Crippen MR) is 118 cm³/mol. The molecule has 1 fully saturated rings. The molecule has 1 aliphatic heterocycles. The quantitative estimate of drug-likeness (QED) is 0.622. The van der Waals surface area contributed by atoms with Gasteiger partial charge in [-0.1, -0.05) is 0 Å². The number of fused-ring (bicyclic) bond motifs is 1. The molecule has 4 heterocycles. The average Bonchev–Trinajstić information content (AvgIpc) is 3.39. The minimum absolute atomic E-state index is 0.0760. The van der Waals surface area contributed by atoms with Gasteiger partial charge in [0.25, 0.3) is 0 Å². The maximum Gasteiger partial charge on any atom is 0.410 e. The summed E-state index contributed by atoms with van der Waals surface area (Å²) in [5.74, 6) is 1.37. The molecule has 1 amide bonds. The van der Waals surface area contributed by atoms with Crippen molar-refractivity contribution in [1.29, 1.82) is 0 Å². The Hall–Kier alpha value is -3.36. The van der Waals surface area contributed by atoms with E-state index in [1.807, 2.05) is 43.5 Å². The van der Waals surface area contributed by atoms with E-state index >= 15 is 0 Å². The van der Waals surface area contributed by atoms with Gasteiger partial charge in [0.15, 0.2) is 5.65 Å². The van der Waals surface area contributed by atoms with Crippen LogP contribution in [0.4, 0.5) is 10.6 Å². The Morgan fingerprint density at radius 2 is 2.06 bits per heavy atom. The molecule has 0 radical (unpaired) electrons. The lowest BCUT2D eigenvalue weighted by molar-refractivity contribution is 0.0748. The van der Waals surface area contributed by atoms with Crippen molar-refractivity contribution in [2.75, 3.05) is 32.1 Å². The molecule has 4 rings (SSSR count). The standard InChI is InChI=1S/C22H28N6O3/c1-14(2)31-22(29)26(4)16-8-9-27(13-16)20-7-6-19-23-12-18(28(19)25-20)17-10-15(3)11-24-21(17)30-5/h6-7,10-12,14,16H,8-9,13H2,1-5H3/t16-/m0/s1. The Morgan fingerprint density at radius 1 is 1.26 bits per heavy atom. The largest absolute Gasteiger partial charge is 0.481 e. The molecule has 3 aromatic rings. The normalized spacial score (nSPS) is 16.2. The summed E-state index contributed by atoms with van der Waals surface area (Å²) in [6.07, 6.45) is 3.99. The first kappa shape index (κ1) is 20.9. The number of aromatic nitrogens is 4. The highest BCUT2D eigenvalue weighted by Gasteiger charge is 2.30. The van der Waals surface area contributed by atoms with Gasteiger partial charge in [-0.3, -0.25) is 0 Å². The van der Waals surface area contributed by atoms with Crippen molar-refractivity contribution in [3.63, 3.8) is 0 Å². The molecule has 1 saturated heterocycles. The number of carbonyl (C=O) groups excluding carboxylic acids is 1. The van der Waals surface area contributed by atoms with E-state index in [-0.39, 0.29) is 18.2 Å². The molecule has 3 aromatic heterocycles. The number of carbonyl (C=O) groups is 1. The Bertz CT molecular complexity index is 1100. The van der Waals surface area contributed by atoms with Crippen LogP contribution in [0.1, 0.15) is 25.8 Å². The van der Waals surface area contributed by atoms with Crippen LogP contribution in [-0.4, -0.2) is 70.0 Å². The summed E-state index contributed by atoms with van der Waals surface area (Å²) in [5.41, 5.74) is 3.43. The number of anilines is 1. The van der Waals surface area contributed by atoms with Crippen LogP contribution in [0.25, 0.3) is 16.9 Å². The number of ether oxygens (including phenoxy) is 2. The number of likely N-dealkylation sites (N-methyl/N-ethyl adjacent to an activating group) is 1. The number of hydrogen-bond donors (Lipinski definition) is 0. The summed E-state index contributed by atoms with van der Waals surface area (Å²) in [5, 5.41) is 4.85. The van der Waals surface area contributed by atoms with Gasteiger partial charge in [0, 0.05) is 26.3 Å². The van der Waals surface area contributed by atoms with Crippen molar-refractivity contribution in [3.05, 3.63) is 36.2 Å². The minimum Gasteiger partial charge on any atom is -0.481 e. The van der Waals surface area contributed by atoms with Crippen LogP contribution in [0, 0.1) is 6.92 Å². The third-order valence-corrected chi connectivity index (χ3v) is 5.46. The molecule has 0 N–H and O–H groups in total. The van der Waals surface area contributed by atoms with Gasteiger partial charge in [0.05, 0.1) is 36.7 Å². The summed E-state index contributed by atoms with van der Waals surface area (Å²) in [4.78, 5) is 25.0. The van der Waals surface area contributed by atoms with E-state index in [1.165, 1.54) is 0 Å². The van der Waals surface area contributed by atoms with E-state index in [4.69, 9.17) is 14.6 Å². The van der Waals surface area contributed by atoms with Gasteiger partial charge in [-0.05, 0) is 51.0 Å². The van der Waals surface area contributed by atoms with E-state index in [9.17, 15) is 4.79 Å². The molecule has 0 saturated carbocycles. The van der Waals surface area contributed by atoms with Crippen LogP contribution in [0.3, 0.4) is 0 Å². The zero-order chi connectivity index (χ0) is 22.1. The van der Waals surface area contributed by atoms with Crippen LogP contribution in [0.15, 0.2) is 30.6 Å². The predicted octanol–water partition coefficient (Wildman–Crippen LogP) is 3.16. The number of rotatable bonds is 5. The van der Waals surface area contributed by atoms with Gasteiger partial charge in [0.2, 0.25) is 5.88 Å². The lowest BCUT2D eigenvalue weighted by Gasteiger charge is -2.25. The highest BCUT2D eigenvalue weighted by atomic mass is 16.6. The van der Waals surface area contributed by atoms with Gasteiger partial charge >= 0.3 is 6.09 Å². The van der Waals surface area contributed by atoms with E-state index in [0.717, 1.165) is 41.3 Å². The molecule has 0 spiro atoms. The molecule has 1 atom stereocenters. The number of imidazole rings is 1. The lowest BCUT2D eigenvalue weighted by Crippen LogP contribution is -2.40. The van der Waals surface area contributed by atoms with E-state index in [2.05, 4.69) is 14.9 Å². The number of aryl methyl sites for hydroxylation is 1. The van der Waals surface area contributed by atoms with Crippen LogP contribution in [-0.2, 0) is 4.74 Å². The van der Waals surface area contributed by atoms with Gasteiger partial charge in [0.1, 0.15) is 5.82 Å². The molecule has 9 nitrogen and oxygen atoms in total. The third kappa shape index (κ3) is 4.12. The summed E-state index contributed by atoms with van der Waals surface area (Å²) in [6, 6.07) is 6.01. The fourth-order valence-corrected chi connectivity index (χ4v) is 3.82. The fraction of sp³-hybridized carbons (Fsp3) is 0.455. The zero-order valence-electron chi connectivity index (χ0n) is 18.6. The number of pyridine rings is 1. The number of methoxy groups -OCH3 is 1. The Kier molecular flexibility index (Phi) is 5.67. The van der Waals surface area contributed by atoms with Crippen molar-refractivity contribution in [1.82, 2.24) is 24.5 Å². The monoisotopic (exact) mass is 424 g/mol. The molecule has 1 aliphatic rings. The molecular weight excluding hydrogens is 396 g/mol. The van der Waals surface area contributed by atoms with Crippen LogP contribution in [0.2, 0.25) is 0 Å². The van der Waals surface area contributed by atoms with Crippen molar-refractivity contribution in [2.24, 2.45) is 0 Å². The Labute approximate surface area is 181 Å². The minimum atomic E-state index is -0.291. The summed E-state index contributed by atoms with van der Waals surface area (Å²) < 4.78 is 12.6. The topological polar surface area (TPSA) is 85.1 Å². The first-order valence-corrected chi connectivity index (χ1v) is 10.4. The average molecular weight is 425 g/mol. The van der Waals surface area contributed by atoms with Crippen LogP contribution < -0.4 is 9.64 Å². The molecule has 0 bridgehead atoms. The van der Waals surface area contributed by atoms with Gasteiger partial charge in [-0.2, -0.15) is 0 Å². The highest BCUT2D eigenvalue weighted by molar-refractivity contribution is 5.69. The Balaban J connectivity index is 1.60. The molecule has 0 aromatic carbocycles. The fourth-order valence-electron chi connectivity index (χ4n) is 3.82. The molecule has 0 unspecified atom stereocenters. The SMILES string of the molecule is COc1ncc(C)cc1-c1cnc2ccc(N3CC[C@H](N(C)C(=O)OC(C)C)C3)nn12. The van der Waals surface area contributed by atoms with Crippen molar-refractivity contribution >= 4 is 17.6 Å². The molecule has 9 heteroatoms. The van der Waals surface area contributed by atoms with Crippen LogP contribution >= 0.6 is 0 Å². The van der Waals surface area contributed by atoms with Gasteiger partial charge in [-0.15, -0.1) is 5.10 Å².